The van der Waals surface area contributed by atoms with Crippen molar-refractivity contribution in [1.82, 2.24) is 15.7 Å². The zero-order chi connectivity index (χ0) is 15.8. The van der Waals surface area contributed by atoms with Gasteiger partial charge in [0.1, 0.15) is 0 Å². The molecular formula is C15H22N5S2+. The Morgan fingerprint density at radius 1 is 1.27 bits per heavy atom. The van der Waals surface area contributed by atoms with Crippen LogP contribution in [0.5, 0.6) is 0 Å². The van der Waals surface area contributed by atoms with Gasteiger partial charge in [-0.2, -0.15) is 0 Å². The van der Waals surface area contributed by atoms with E-state index in [0.29, 0.717) is 5.11 Å². The molecule has 118 valence electrons. The second kappa shape index (κ2) is 8.67. The van der Waals surface area contributed by atoms with Crippen molar-refractivity contribution in [2.45, 2.75) is 6.42 Å². The monoisotopic (exact) mass is 336 g/mol. The van der Waals surface area contributed by atoms with Crippen LogP contribution in [0.25, 0.3) is 11.3 Å². The van der Waals surface area contributed by atoms with Crippen LogP contribution in [0.15, 0.2) is 35.7 Å². The molecule has 0 amide bonds. The van der Waals surface area contributed by atoms with Gasteiger partial charge in [0.25, 0.3) is 0 Å². The third-order valence-corrected chi connectivity index (χ3v) is 4.00. The lowest BCUT2D eigenvalue weighted by molar-refractivity contribution is -0.858. The van der Waals surface area contributed by atoms with E-state index in [0.717, 1.165) is 35.9 Å². The Labute approximate surface area is 140 Å². The Bertz CT molecular complexity index is 583. The Hall–Kier alpha value is -1.70. The van der Waals surface area contributed by atoms with Crippen molar-refractivity contribution < 1.29 is 4.90 Å². The minimum atomic E-state index is 0.588. The molecule has 0 saturated heterocycles. The number of nitrogens with zero attached hydrogens (tertiary/aromatic N) is 1. The molecule has 0 fully saturated rings. The predicted molar refractivity (Wildman–Crippen MR) is 97.2 cm³/mol. The van der Waals surface area contributed by atoms with Gasteiger partial charge in [-0.3, -0.25) is 10.9 Å². The number of hydrazine groups is 1. The van der Waals surface area contributed by atoms with E-state index >= 15 is 0 Å². The number of rotatable bonds is 7. The highest BCUT2D eigenvalue weighted by atomic mass is 32.1. The fourth-order valence-electron chi connectivity index (χ4n) is 1.87. The zero-order valence-electron chi connectivity index (χ0n) is 12.8. The second-order valence-corrected chi connectivity index (χ2v) is 6.49. The molecular weight excluding hydrogens is 314 g/mol. The van der Waals surface area contributed by atoms with Gasteiger partial charge in [-0.05, 0) is 12.2 Å². The van der Waals surface area contributed by atoms with Crippen LogP contribution in [0.2, 0.25) is 0 Å². The van der Waals surface area contributed by atoms with Gasteiger partial charge in [-0.25, -0.2) is 4.98 Å². The molecule has 0 unspecified atom stereocenters. The standard InChI is InChI=1S/C15H21N5S2/c1-20(2)10-6-9-16-14(21)18-19-15-17-13(11-22-15)12-7-4-3-5-8-12/h3-5,7-8,11H,6,9-10H2,1-2H3,(H,17,19)(H2,16,18,21)/p+1. The van der Waals surface area contributed by atoms with Gasteiger partial charge in [0.15, 0.2) is 5.11 Å². The number of quaternary nitrogens is 1. The van der Waals surface area contributed by atoms with Crippen LogP contribution in [-0.2, 0) is 0 Å². The van der Waals surface area contributed by atoms with Crippen molar-refractivity contribution >= 4 is 33.8 Å². The molecule has 1 aromatic carbocycles. The molecule has 22 heavy (non-hydrogen) atoms. The van der Waals surface area contributed by atoms with E-state index in [2.05, 4.69) is 35.2 Å². The van der Waals surface area contributed by atoms with Crippen molar-refractivity contribution in [3.05, 3.63) is 35.7 Å². The summed E-state index contributed by atoms with van der Waals surface area (Å²) < 4.78 is 0. The summed E-state index contributed by atoms with van der Waals surface area (Å²) in [7, 11) is 4.29. The summed E-state index contributed by atoms with van der Waals surface area (Å²) in [5, 5.41) is 6.57. The molecule has 2 rings (SSSR count). The van der Waals surface area contributed by atoms with E-state index in [9.17, 15) is 0 Å². The largest absolute Gasteiger partial charge is 0.361 e. The van der Waals surface area contributed by atoms with Crippen LogP contribution in [0, 0.1) is 0 Å². The van der Waals surface area contributed by atoms with E-state index in [1.807, 2.05) is 35.7 Å². The highest BCUT2D eigenvalue weighted by Crippen LogP contribution is 2.23. The Balaban J connectivity index is 1.73. The summed E-state index contributed by atoms with van der Waals surface area (Å²) in [4.78, 5) is 5.97. The van der Waals surface area contributed by atoms with Crippen LogP contribution in [0.4, 0.5) is 5.13 Å². The normalized spacial score (nSPS) is 10.5. The SMILES string of the molecule is C[NH+](C)CCCNC(=S)NNc1nc(-c2ccccc2)cs1. The lowest BCUT2D eigenvalue weighted by Gasteiger charge is -2.11. The van der Waals surface area contributed by atoms with E-state index < -0.39 is 0 Å². The van der Waals surface area contributed by atoms with E-state index in [1.54, 1.807) is 11.3 Å². The van der Waals surface area contributed by atoms with Crippen molar-refractivity contribution in [3.8, 4) is 11.3 Å². The lowest BCUT2D eigenvalue weighted by Crippen LogP contribution is -3.05. The average Bonchev–Trinajstić information content (AvgIpc) is 2.99. The molecule has 0 bridgehead atoms. The van der Waals surface area contributed by atoms with E-state index in [4.69, 9.17) is 12.2 Å². The van der Waals surface area contributed by atoms with Crippen LogP contribution >= 0.6 is 23.6 Å². The first-order valence-corrected chi connectivity index (χ1v) is 8.54. The average molecular weight is 337 g/mol. The molecule has 0 spiro atoms. The molecule has 4 N–H and O–H groups in total. The number of benzene rings is 1. The summed E-state index contributed by atoms with van der Waals surface area (Å²) in [5.74, 6) is 0. The predicted octanol–water partition coefficient (Wildman–Crippen LogP) is 1.14. The first kappa shape index (κ1) is 16.7. The number of anilines is 1. The number of aromatic nitrogens is 1. The minimum absolute atomic E-state index is 0.588. The third kappa shape index (κ3) is 5.59. The van der Waals surface area contributed by atoms with Gasteiger partial charge in [0.05, 0.1) is 26.3 Å². The Kier molecular flexibility index (Phi) is 6.57. The highest BCUT2D eigenvalue weighted by molar-refractivity contribution is 7.80. The maximum Gasteiger partial charge on any atom is 0.202 e. The van der Waals surface area contributed by atoms with Crippen molar-refractivity contribution in [2.24, 2.45) is 0 Å². The Morgan fingerprint density at radius 3 is 2.77 bits per heavy atom. The zero-order valence-corrected chi connectivity index (χ0v) is 14.5. The van der Waals surface area contributed by atoms with E-state index in [1.165, 1.54) is 4.90 Å². The van der Waals surface area contributed by atoms with Gasteiger partial charge >= 0.3 is 0 Å². The van der Waals surface area contributed by atoms with Crippen LogP contribution in [0.3, 0.4) is 0 Å². The molecule has 0 radical (unpaired) electrons. The fourth-order valence-corrected chi connectivity index (χ4v) is 2.70. The number of thiazole rings is 1. The van der Waals surface area contributed by atoms with Crippen molar-refractivity contribution in [3.63, 3.8) is 0 Å². The smallest absolute Gasteiger partial charge is 0.202 e. The summed E-state index contributed by atoms with van der Waals surface area (Å²) in [6.45, 7) is 1.99. The molecule has 0 aliphatic rings. The van der Waals surface area contributed by atoms with Gasteiger partial charge < -0.3 is 10.2 Å². The van der Waals surface area contributed by atoms with Gasteiger partial charge in [0.2, 0.25) is 5.13 Å². The second-order valence-electron chi connectivity index (χ2n) is 5.22. The molecule has 1 heterocycles. The van der Waals surface area contributed by atoms with Gasteiger partial charge in [-0.1, -0.05) is 30.3 Å². The molecule has 1 aromatic heterocycles. The molecule has 0 saturated carbocycles. The molecule has 0 aliphatic heterocycles. The van der Waals surface area contributed by atoms with Gasteiger partial charge in [-0.15, -0.1) is 11.3 Å². The molecule has 0 aliphatic carbocycles. The van der Waals surface area contributed by atoms with Crippen molar-refractivity contribution in [2.75, 3.05) is 32.6 Å². The van der Waals surface area contributed by atoms with Crippen molar-refractivity contribution in [1.29, 1.82) is 0 Å². The summed E-state index contributed by atoms with van der Waals surface area (Å²) in [6, 6.07) is 10.1. The van der Waals surface area contributed by atoms with Crippen LogP contribution < -0.4 is 21.1 Å². The third-order valence-electron chi connectivity index (χ3n) is 3.00. The molecule has 7 heteroatoms. The number of thiocarbonyl (C=S) groups is 1. The molecule has 0 atom stereocenters. The maximum absolute atomic E-state index is 5.22. The van der Waals surface area contributed by atoms with E-state index in [-0.39, 0.29) is 0 Å². The number of hydrogen-bond acceptors (Lipinski definition) is 4. The fraction of sp³-hybridized carbons (Fsp3) is 0.333. The topological polar surface area (TPSA) is 53.4 Å². The van der Waals surface area contributed by atoms with Crippen LogP contribution in [-0.4, -0.2) is 37.3 Å². The highest BCUT2D eigenvalue weighted by Gasteiger charge is 2.04. The van der Waals surface area contributed by atoms with Crippen LogP contribution in [0.1, 0.15) is 6.42 Å². The van der Waals surface area contributed by atoms with Gasteiger partial charge in [0, 0.05) is 23.9 Å². The lowest BCUT2D eigenvalue weighted by atomic mass is 10.2. The molecule has 2 aromatic rings. The first-order chi connectivity index (χ1) is 10.6. The number of nitrogens with one attached hydrogen (secondary N) is 4. The minimum Gasteiger partial charge on any atom is -0.361 e. The quantitative estimate of drug-likeness (QED) is 0.347. The first-order valence-electron chi connectivity index (χ1n) is 7.25. The number of hydrogen-bond donors (Lipinski definition) is 4. The molecule has 5 nitrogen and oxygen atoms in total. The summed E-state index contributed by atoms with van der Waals surface area (Å²) >= 11 is 6.76. The summed E-state index contributed by atoms with van der Waals surface area (Å²) in [5.41, 5.74) is 8.07. The summed E-state index contributed by atoms with van der Waals surface area (Å²) in [6.07, 6.45) is 1.08. The maximum atomic E-state index is 5.22. The Morgan fingerprint density at radius 2 is 2.05 bits per heavy atom.